The first kappa shape index (κ1) is 20.2. The Balaban J connectivity index is 2.04. The number of carbonyl (C=O) groups excluding carboxylic acids is 4. The fourth-order valence-corrected chi connectivity index (χ4v) is 3.15. The highest BCUT2D eigenvalue weighted by atomic mass is 35.5. The van der Waals surface area contributed by atoms with Gasteiger partial charge in [0.05, 0.1) is 6.04 Å². The molecule has 0 aliphatic carbocycles. The second-order valence-corrected chi connectivity index (χ2v) is 7.28. The molecule has 1 heterocycles. The molecule has 7 nitrogen and oxygen atoms in total. The van der Waals surface area contributed by atoms with Gasteiger partial charge in [-0.05, 0) is 30.5 Å². The summed E-state index contributed by atoms with van der Waals surface area (Å²) in [6, 6.07) is 3.62. The number of rotatable bonds is 6. The summed E-state index contributed by atoms with van der Waals surface area (Å²) in [7, 11) is 0. The molecule has 1 N–H and O–H groups in total. The summed E-state index contributed by atoms with van der Waals surface area (Å²) >= 11 is 12.0. The quantitative estimate of drug-likeness (QED) is 0.588. The van der Waals surface area contributed by atoms with Crippen molar-refractivity contribution < 1.29 is 19.2 Å². The summed E-state index contributed by atoms with van der Waals surface area (Å²) in [5.74, 6) is -2.48. The number of hydrogen-bond acceptors (Lipinski definition) is 4. The molecule has 0 radical (unpaired) electrons. The Morgan fingerprint density at radius 1 is 1.08 bits per heavy atom. The van der Waals surface area contributed by atoms with Crippen LogP contribution in [0, 0.1) is 5.92 Å². The van der Waals surface area contributed by atoms with E-state index >= 15 is 0 Å². The van der Waals surface area contributed by atoms with E-state index in [2.05, 4.69) is 5.32 Å². The van der Waals surface area contributed by atoms with Crippen molar-refractivity contribution in [3.63, 3.8) is 0 Å². The molecule has 0 saturated carbocycles. The van der Waals surface area contributed by atoms with Gasteiger partial charge in [0.25, 0.3) is 0 Å². The Morgan fingerprint density at radius 2 is 1.69 bits per heavy atom. The lowest BCUT2D eigenvalue weighted by Gasteiger charge is -2.19. The third-order valence-corrected chi connectivity index (χ3v) is 4.35. The average Bonchev–Trinajstić information content (AvgIpc) is 2.72. The van der Waals surface area contributed by atoms with Gasteiger partial charge in [0.1, 0.15) is 6.54 Å². The standard InChI is InChI=1S/C17H19Cl2N3O4/c1-9(2)7-21-15(24)16(25)22(17(21)26)8-14(23)20-10(3)12-5-4-11(18)6-13(12)19/h4-6,9-10H,7-8H2,1-3H3,(H,20,23)/t10-/m1/s1. The second-order valence-electron chi connectivity index (χ2n) is 6.44. The van der Waals surface area contributed by atoms with E-state index in [-0.39, 0.29) is 12.5 Å². The van der Waals surface area contributed by atoms with E-state index in [9.17, 15) is 19.2 Å². The van der Waals surface area contributed by atoms with Crippen molar-refractivity contribution >= 4 is 47.0 Å². The number of hydrogen-bond donors (Lipinski definition) is 1. The normalized spacial score (nSPS) is 15.8. The highest BCUT2D eigenvalue weighted by molar-refractivity contribution is 6.45. The van der Waals surface area contributed by atoms with Gasteiger partial charge in [0, 0.05) is 16.6 Å². The van der Waals surface area contributed by atoms with Crippen molar-refractivity contribution in [3.05, 3.63) is 33.8 Å². The van der Waals surface area contributed by atoms with Crippen LogP contribution in [0.25, 0.3) is 0 Å². The molecule has 0 spiro atoms. The smallest absolute Gasteiger partial charge is 0.334 e. The van der Waals surface area contributed by atoms with Crippen molar-refractivity contribution in [2.75, 3.05) is 13.1 Å². The molecule has 0 aromatic heterocycles. The minimum atomic E-state index is -0.997. The van der Waals surface area contributed by atoms with Crippen molar-refractivity contribution in [2.24, 2.45) is 5.92 Å². The number of halogens is 2. The molecule has 1 saturated heterocycles. The van der Waals surface area contributed by atoms with E-state index in [0.29, 0.717) is 20.5 Å². The third kappa shape index (κ3) is 4.34. The maximum Gasteiger partial charge on any atom is 0.334 e. The molecule has 1 aromatic rings. The number of carbonyl (C=O) groups is 4. The van der Waals surface area contributed by atoms with Gasteiger partial charge in [-0.15, -0.1) is 0 Å². The topological polar surface area (TPSA) is 86.8 Å². The Labute approximate surface area is 161 Å². The van der Waals surface area contributed by atoms with Gasteiger partial charge in [0.15, 0.2) is 0 Å². The monoisotopic (exact) mass is 399 g/mol. The van der Waals surface area contributed by atoms with Crippen LogP contribution in [0.15, 0.2) is 18.2 Å². The number of nitrogens with zero attached hydrogens (tertiary/aromatic N) is 2. The van der Waals surface area contributed by atoms with Gasteiger partial charge in [-0.2, -0.15) is 0 Å². The Morgan fingerprint density at radius 3 is 2.27 bits per heavy atom. The zero-order chi connectivity index (χ0) is 19.6. The van der Waals surface area contributed by atoms with E-state index in [4.69, 9.17) is 23.2 Å². The summed E-state index contributed by atoms with van der Waals surface area (Å²) in [6.07, 6.45) is 0. The predicted molar refractivity (Wildman–Crippen MR) is 96.7 cm³/mol. The van der Waals surface area contributed by atoms with Crippen molar-refractivity contribution in [3.8, 4) is 0 Å². The maximum absolute atomic E-state index is 12.2. The van der Waals surface area contributed by atoms with Crippen LogP contribution in [-0.2, 0) is 14.4 Å². The van der Waals surface area contributed by atoms with Gasteiger partial charge in [0.2, 0.25) is 5.91 Å². The van der Waals surface area contributed by atoms with Crippen LogP contribution >= 0.6 is 23.2 Å². The van der Waals surface area contributed by atoms with Crippen molar-refractivity contribution in [1.29, 1.82) is 0 Å². The first-order valence-corrected chi connectivity index (χ1v) is 8.79. The maximum atomic E-state index is 12.2. The van der Waals surface area contributed by atoms with Gasteiger partial charge in [-0.1, -0.05) is 43.1 Å². The summed E-state index contributed by atoms with van der Waals surface area (Å²) < 4.78 is 0. The van der Waals surface area contributed by atoms with E-state index in [1.54, 1.807) is 25.1 Å². The van der Waals surface area contributed by atoms with Crippen molar-refractivity contribution in [2.45, 2.75) is 26.8 Å². The summed E-state index contributed by atoms with van der Waals surface area (Å²) in [6.45, 7) is 4.93. The molecule has 1 aliphatic heterocycles. The molecular formula is C17H19Cl2N3O4. The third-order valence-electron chi connectivity index (χ3n) is 3.79. The SMILES string of the molecule is CC(C)CN1C(=O)C(=O)N(CC(=O)N[C@H](C)c2ccc(Cl)cc2Cl)C1=O. The first-order chi connectivity index (χ1) is 12.1. The fourth-order valence-electron chi connectivity index (χ4n) is 2.58. The fraction of sp³-hybridized carbons (Fsp3) is 0.412. The molecule has 9 heteroatoms. The largest absolute Gasteiger partial charge is 0.348 e. The van der Waals surface area contributed by atoms with Gasteiger partial charge < -0.3 is 5.32 Å². The summed E-state index contributed by atoms with van der Waals surface area (Å²) in [5, 5.41) is 3.51. The lowest BCUT2D eigenvalue weighted by Crippen LogP contribution is -2.42. The molecule has 2 rings (SSSR count). The van der Waals surface area contributed by atoms with Crippen LogP contribution in [0.5, 0.6) is 0 Å². The van der Waals surface area contributed by atoms with Crippen LogP contribution in [0.2, 0.25) is 10.0 Å². The highest BCUT2D eigenvalue weighted by Crippen LogP contribution is 2.26. The van der Waals surface area contributed by atoms with Crippen molar-refractivity contribution in [1.82, 2.24) is 15.1 Å². The lowest BCUT2D eigenvalue weighted by atomic mass is 10.1. The molecule has 0 bridgehead atoms. The zero-order valence-electron chi connectivity index (χ0n) is 14.6. The van der Waals surface area contributed by atoms with Crippen LogP contribution in [0.3, 0.4) is 0 Å². The van der Waals surface area contributed by atoms with E-state index in [1.165, 1.54) is 0 Å². The number of urea groups is 1. The van der Waals surface area contributed by atoms with Crippen LogP contribution < -0.4 is 5.32 Å². The first-order valence-electron chi connectivity index (χ1n) is 8.03. The molecule has 26 heavy (non-hydrogen) atoms. The average molecular weight is 400 g/mol. The molecule has 1 aliphatic rings. The van der Waals surface area contributed by atoms with Crippen LogP contribution in [0.4, 0.5) is 4.79 Å². The van der Waals surface area contributed by atoms with Gasteiger partial charge in [-0.25, -0.2) is 9.69 Å². The molecule has 140 valence electrons. The van der Waals surface area contributed by atoms with E-state index < -0.39 is 36.3 Å². The molecular weight excluding hydrogens is 381 g/mol. The zero-order valence-corrected chi connectivity index (χ0v) is 16.1. The molecule has 1 fully saturated rings. The van der Waals surface area contributed by atoms with Gasteiger partial charge >= 0.3 is 17.8 Å². The Hall–Kier alpha value is -2.12. The number of imide groups is 2. The van der Waals surface area contributed by atoms with Gasteiger partial charge in [-0.3, -0.25) is 19.3 Å². The minimum Gasteiger partial charge on any atom is -0.348 e. The number of amides is 5. The lowest BCUT2D eigenvalue weighted by molar-refractivity contribution is -0.144. The Bertz CT molecular complexity index is 766. The van der Waals surface area contributed by atoms with E-state index in [0.717, 1.165) is 4.90 Å². The molecule has 1 atom stereocenters. The number of nitrogens with one attached hydrogen (secondary N) is 1. The highest BCUT2D eigenvalue weighted by Gasteiger charge is 2.45. The summed E-state index contributed by atoms with van der Waals surface area (Å²) in [5.41, 5.74) is 0.640. The minimum absolute atomic E-state index is 0.0107. The predicted octanol–water partition coefficient (Wildman–Crippen LogP) is 2.62. The van der Waals surface area contributed by atoms with Crippen LogP contribution in [-0.4, -0.2) is 46.6 Å². The second kappa shape index (κ2) is 8.05. The summed E-state index contributed by atoms with van der Waals surface area (Å²) in [4.78, 5) is 49.9. The molecule has 1 aromatic carbocycles. The van der Waals surface area contributed by atoms with Crippen LogP contribution in [0.1, 0.15) is 32.4 Å². The Kier molecular flexibility index (Phi) is 6.26. The molecule has 0 unspecified atom stereocenters. The number of benzene rings is 1. The van der Waals surface area contributed by atoms with E-state index in [1.807, 2.05) is 13.8 Å². The molecule has 5 amide bonds.